The van der Waals surface area contributed by atoms with Crippen LogP contribution in [0.3, 0.4) is 0 Å². The minimum Gasteiger partial charge on any atom is -0.326 e. The smallest absolute Gasteiger partial charge is 0.295 e. The Kier molecular flexibility index (Phi) is 5.03. The van der Waals surface area contributed by atoms with Crippen LogP contribution >= 0.6 is 15.9 Å². The van der Waals surface area contributed by atoms with Crippen LogP contribution in [0.4, 0.5) is 5.69 Å². The summed E-state index contributed by atoms with van der Waals surface area (Å²) < 4.78 is 2.29. The zero-order chi connectivity index (χ0) is 18.8. The number of carbonyl (C=O) groups is 1. The lowest BCUT2D eigenvalue weighted by molar-refractivity contribution is 0.101. The number of H-pyrrole nitrogens is 1. The number of benzene rings is 1. The number of halogens is 1. The van der Waals surface area contributed by atoms with Crippen molar-refractivity contribution in [2.24, 2.45) is 0 Å². The van der Waals surface area contributed by atoms with E-state index < -0.39 is 11.5 Å². The Morgan fingerprint density at radius 2 is 2.04 bits per heavy atom. The van der Waals surface area contributed by atoms with Crippen LogP contribution in [0.15, 0.2) is 45.8 Å². The third kappa shape index (κ3) is 3.60. The van der Waals surface area contributed by atoms with Crippen LogP contribution in [0.5, 0.6) is 0 Å². The number of amides is 1. The van der Waals surface area contributed by atoms with Crippen LogP contribution in [0.25, 0.3) is 5.69 Å². The van der Waals surface area contributed by atoms with Crippen LogP contribution in [0.1, 0.15) is 41.8 Å². The quantitative estimate of drug-likeness (QED) is 0.682. The molecule has 8 heteroatoms. The van der Waals surface area contributed by atoms with Crippen molar-refractivity contribution in [3.8, 4) is 5.69 Å². The second-order valence-electron chi connectivity index (χ2n) is 6.12. The SMILES string of the molecule is Cc1nc(C(=O)Nc2cc(Br)c[nH]c2=O)nn1-c1ccccc1C(C)C. The average Bonchev–Trinajstić information content (AvgIpc) is 3.00. The van der Waals surface area contributed by atoms with E-state index in [9.17, 15) is 9.59 Å². The van der Waals surface area contributed by atoms with E-state index >= 15 is 0 Å². The van der Waals surface area contributed by atoms with Gasteiger partial charge in [-0.15, -0.1) is 5.10 Å². The monoisotopic (exact) mass is 415 g/mol. The Morgan fingerprint density at radius 1 is 1.31 bits per heavy atom. The van der Waals surface area contributed by atoms with Crippen LogP contribution in [-0.2, 0) is 0 Å². The summed E-state index contributed by atoms with van der Waals surface area (Å²) in [6, 6.07) is 9.38. The molecule has 0 bridgehead atoms. The molecule has 3 aromatic rings. The first kappa shape index (κ1) is 18.1. The summed E-state index contributed by atoms with van der Waals surface area (Å²) in [4.78, 5) is 31.1. The molecule has 3 rings (SSSR count). The first-order valence-corrected chi connectivity index (χ1v) is 8.88. The number of hydrogen-bond donors (Lipinski definition) is 2. The maximum absolute atomic E-state index is 12.5. The van der Waals surface area contributed by atoms with Gasteiger partial charge in [0.15, 0.2) is 0 Å². The van der Waals surface area contributed by atoms with Crippen molar-refractivity contribution in [1.82, 2.24) is 19.7 Å². The number of rotatable bonds is 4. The Morgan fingerprint density at radius 3 is 2.77 bits per heavy atom. The van der Waals surface area contributed by atoms with Crippen molar-refractivity contribution < 1.29 is 4.79 Å². The molecule has 0 aliphatic heterocycles. The number of pyridine rings is 1. The van der Waals surface area contributed by atoms with Gasteiger partial charge in [0.05, 0.1) is 5.69 Å². The van der Waals surface area contributed by atoms with Crippen molar-refractivity contribution >= 4 is 27.5 Å². The minimum atomic E-state index is -0.544. The molecule has 0 aliphatic rings. The number of hydrogen-bond acceptors (Lipinski definition) is 4. The summed E-state index contributed by atoms with van der Waals surface area (Å²) in [5, 5.41) is 6.89. The molecule has 2 N–H and O–H groups in total. The highest BCUT2D eigenvalue weighted by Crippen LogP contribution is 2.23. The van der Waals surface area contributed by atoms with E-state index in [0.717, 1.165) is 11.3 Å². The summed E-state index contributed by atoms with van der Waals surface area (Å²) in [6.45, 7) is 5.98. The van der Waals surface area contributed by atoms with Crippen molar-refractivity contribution in [1.29, 1.82) is 0 Å². The Labute approximate surface area is 158 Å². The number of anilines is 1. The van der Waals surface area contributed by atoms with Gasteiger partial charge in [-0.1, -0.05) is 32.0 Å². The van der Waals surface area contributed by atoms with Gasteiger partial charge in [-0.3, -0.25) is 9.59 Å². The number of carbonyl (C=O) groups excluding carboxylic acids is 1. The van der Waals surface area contributed by atoms with Crippen molar-refractivity contribution in [3.63, 3.8) is 0 Å². The summed E-state index contributed by atoms with van der Waals surface area (Å²) >= 11 is 3.25. The van der Waals surface area contributed by atoms with E-state index in [1.807, 2.05) is 24.3 Å². The molecule has 0 saturated heterocycles. The fourth-order valence-electron chi connectivity index (χ4n) is 2.61. The Bertz CT molecular complexity index is 1020. The maximum atomic E-state index is 12.5. The molecule has 2 aromatic heterocycles. The number of aromatic nitrogens is 4. The van der Waals surface area contributed by atoms with E-state index in [-0.39, 0.29) is 11.5 Å². The van der Waals surface area contributed by atoms with Crippen LogP contribution in [-0.4, -0.2) is 25.7 Å². The molecule has 0 unspecified atom stereocenters. The van der Waals surface area contributed by atoms with E-state index in [0.29, 0.717) is 16.2 Å². The molecule has 0 atom stereocenters. The second-order valence-corrected chi connectivity index (χ2v) is 7.04. The fraction of sp³-hybridized carbons (Fsp3) is 0.222. The average molecular weight is 416 g/mol. The number of nitrogens with one attached hydrogen (secondary N) is 2. The first-order chi connectivity index (χ1) is 12.4. The summed E-state index contributed by atoms with van der Waals surface area (Å²) in [7, 11) is 0. The molecule has 2 heterocycles. The zero-order valence-corrected chi connectivity index (χ0v) is 16.2. The van der Waals surface area contributed by atoms with Gasteiger partial charge >= 0.3 is 0 Å². The zero-order valence-electron chi connectivity index (χ0n) is 14.6. The van der Waals surface area contributed by atoms with Crippen LogP contribution < -0.4 is 10.9 Å². The molecule has 0 saturated carbocycles. The van der Waals surface area contributed by atoms with E-state index in [4.69, 9.17) is 0 Å². The van der Waals surface area contributed by atoms with E-state index in [2.05, 4.69) is 50.2 Å². The number of para-hydroxylation sites is 1. The summed E-state index contributed by atoms with van der Waals surface area (Å²) in [6.07, 6.45) is 1.50. The highest BCUT2D eigenvalue weighted by atomic mass is 79.9. The molecule has 0 spiro atoms. The molecule has 1 aromatic carbocycles. The molecule has 26 heavy (non-hydrogen) atoms. The molecular weight excluding hydrogens is 398 g/mol. The van der Waals surface area contributed by atoms with Gasteiger partial charge in [-0.05, 0) is 46.5 Å². The Balaban J connectivity index is 1.95. The Hall–Kier alpha value is -2.74. The van der Waals surface area contributed by atoms with Gasteiger partial charge in [0.25, 0.3) is 11.5 Å². The number of aryl methyl sites for hydroxylation is 1. The number of aromatic amines is 1. The fourth-order valence-corrected chi connectivity index (χ4v) is 2.95. The van der Waals surface area contributed by atoms with Crippen LogP contribution in [0.2, 0.25) is 0 Å². The normalized spacial score (nSPS) is 11.0. The first-order valence-electron chi connectivity index (χ1n) is 8.09. The molecular formula is C18H18BrN5O2. The van der Waals surface area contributed by atoms with Crippen molar-refractivity contribution in [3.05, 3.63) is 68.6 Å². The van der Waals surface area contributed by atoms with Crippen molar-refractivity contribution in [2.45, 2.75) is 26.7 Å². The van der Waals surface area contributed by atoms with Crippen LogP contribution in [0, 0.1) is 6.92 Å². The van der Waals surface area contributed by atoms with E-state index in [1.165, 1.54) is 12.3 Å². The minimum absolute atomic E-state index is 0.000402. The lowest BCUT2D eigenvalue weighted by atomic mass is 10.0. The summed E-state index contributed by atoms with van der Waals surface area (Å²) in [5.74, 6) is 0.344. The predicted molar refractivity (Wildman–Crippen MR) is 103 cm³/mol. The highest BCUT2D eigenvalue weighted by molar-refractivity contribution is 9.10. The molecule has 7 nitrogen and oxygen atoms in total. The highest BCUT2D eigenvalue weighted by Gasteiger charge is 2.18. The van der Waals surface area contributed by atoms with E-state index in [1.54, 1.807) is 11.6 Å². The van der Waals surface area contributed by atoms with Gasteiger partial charge in [-0.25, -0.2) is 9.67 Å². The molecule has 0 aliphatic carbocycles. The lowest BCUT2D eigenvalue weighted by Gasteiger charge is -2.12. The third-order valence-corrected chi connectivity index (χ3v) is 4.33. The van der Waals surface area contributed by atoms with Gasteiger partial charge in [0, 0.05) is 10.7 Å². The van der Waals surface area contributed by atoms with Gasteiger partial charge in [-0.2, -0.15) is 0 Å². The second kappa shape index (κ2) is 7.25. The maximum Gasteiger partial charge on any atom is 0.295 e. The van der Waals surface area contributed by atoms with Crippen molar-refractivity contribution in [2.75, 3.05) is 5.32 Å². The lowest BCUT2D eigenvalue weighted by Crippen LogP contribution is -2.20. The van der Waals surface area contributed by atoms with Gasteiger partial charge in [0.2, 0.25) is 5.82 Å². The summed E-state index contributed by atoms with van der Waals surface area (Å²) in [5.41, 5.74) is 1.71. The topological polar surface area (TPSA) is 92.7 Å². The predicted octanol–water partition coefficient (Wildman–Crippen LogP) is 3.40. The number of nitrogens with zero attached hydrogens (tertiary/aromatic N) is 3. The molecule has 1 amide bonds. The standard InChI is InChI=1S/C18H18BrN5O2/c1-10(2)13-6-4-5-7-15(13)24-11(3)21-16(23-24)18(26)22-14-8-12(19)9-20-17(14)25/h4-10H,1-3H3,(H,20,25)(H,22,26). The van der Waals surface area contributed by atoms with Gasteiger partial charge < -0.3 is 10.3 Å². The van der Waals surface area contributed by atoms with Gasteiger partial charge in [0.1, 0.15) is 11.5 Å². The molecule has 0 fully saturated rings. The molecule has 134 valence electrons. The third-order valence-electron chi connectivity index (χ3n) is 3.88. The largest absolute Gasteiger partial charge is 0.326 e. The molecule has 0 radical (unpaired) electrons.